The molecule has 1 heterocycles. The molecular formula is C14H20N2O5S. The Bertz CT molecular complexity index is 659. The number of carbonyl (C=O) groups excluding carboxylic acids is 1. The maximum Gasteiger partial charge on any atom is 0.340 e. The molecule has 0 aliphatic carbocycles. The topological polar surface area (TPSA) is 110 Å². The molecule has 1 aromatic carbocycles. The lowest BCUT2D eigenvalue weighted by Crippen LogP contribution is -2.37. The predicted octanol–water partition coefficient (Wildman–Crippen LogP) is 0.329. The standard InChI is InChI=1S/C14H20N2O5S/c1-21-14(18)12-7-11(22(15,19)20)4-5-13(12)16-6-2-3-10(8-16)9-17/h4-5,7,10,17H,2-3,6,8-9H2,1H3,(H2,15,19,20). The fourth-order valence-electron chi connectivity index (χ4n) is 2.67. The SMILES string of the molecule is COC(=O)c1cc(S(N)(=O)=O)ccc1N1CCCC(CO)C1. The lowest BCUT2D eigenvalue weighted by molar-refractivity contribution is 0.0601. The molecule has 0 amide bonds. The number of esters is 1. The van der Waals surface area contributed by atoms with Crippen LogP contribution in [0.25, 0.3) is 0 Å². The molecule has 7 nitrogen and oxygen atoms in total. The van der Waals surface area contributed by atoms with Gasteiger partial charge in [0.25, 0.3) is 0 Å². The molecule has 1 aromatic rings. The molecule has 0 radical (unpaired) electrons. The highest BCUT2D eigenvalue weighted by Crippen LogP contribution is 2.28. The third-order valence-corrected chi connectivity index (χ3v) is 4.73. The van der Waals surface area contributed by atoms with E-state index in [0.717, 1.165) is 19.4 Å². The molecule has 0 bridgehead atoms. The molecule has 122 valence electrons. The summed E-state index contributed by atoms with van der Waals surface area (Å²) >= 11 is 0. The average molecular weight is 328 g/mol. The zero-order valence-corrected chi connectivity index (χ0v) is 13.2. The van der Waals surface area contributed by atoms with E-state index < -0.39 is 16.0 Å². The van der Waals surface area contributed by atoms with Gasteiger partial charge in [0.1, 0.15) is 0 Å². The Hall–Kier alpha value is -1.64. The van der Waals surface area contributed by atoms with Crippen LogP contribution in [0.3, 0.4) is 0 Å². The first-order valence-electron chi connectivity index (χ1n) is 6.97. The number of primary sulfonamides is 1. The van der Waals surface area contributed by atoms with Crippen LogP contribution in [0.5, 0.6) is 0 Å². The van der Waals surface area contributed by atoms with Gasteiger partial charge < -0.3 is 14.7 Å². The molecule has 1 fully saturated rings. The van der Waals surface area contributed by atoms with E-state index in [9.17, 15) is 18.3 Å². The van der Waals surface area contributed by atoms with Gasteiger partial charge in [0.2, 0.25) is 10.0 Å². The Morgan fingerprint density at radius 3 is 2.82 bits per heavy atom. The van der Waals surface area contributed by atoms with Gasteiger partial charge in [-0.15, -0.1) is 0 Å². The number of anilines is 1. The van der Waals surface area contributed by atoms with Crippen LogP contribution in [0.2, 0.25) is 0 Å². The molecule has 1 atom stereocenters. The van der Waals surface area contributed by atoms with Crippen molar-refractivity contribution in [3.05, 3.63) is 23.8 Å². The molecule has 8 heteroatoms. The van der Waals surface area contributed by atoms with Crippen LogP contribution in [0.15, 0.2) is 23.1 Å². The van der Waals surface area contributed by atoms with E-state index in [1.165, 1.54) is 19.2 Å². The Morgan fingerprint density at radius 2 is 2.23 bits per heavy atom. The second-order valence-corrected chi connectivity index (χ2v) is 6.91. The largest absolute Gasteiger partial charge is 0.465 e. The van der Waals surface area contributed by atoms with Gasteiger partial charge in [0.05, 0.1) is 23.3 Å². The minimum Gasteiger partial charge on any atom is -0.465 e. The number of hydrogen-bond acceptors (Lipinski definition) is 6. The van der Waals surface area contributed by atoms with Crippen LogP contribution in [-0.4, -0.2) is 46.3 Å². The first kappa shape index (κ1) is 16.7. The molecule has 1 aliphatic rings. The number of ether oxygens (including phenoxy) is 1. The molecule has 22 heavy (non-hydrogen) atoms. The van der Waals surface area contributed by atoms with Gasteiger partial charge in [-0.3, -0.25) is 0 Å². The highest BCUT2D eigenvalue weighted by molar-refractivity contribution is 7.89. The van der Waals surface area contributed by atoms with Gasteiger partial charge in [-0.2, -0.15) is 0 Å². The zero-order chi connectivity index (χ0) is 16.3. The van der Waals surface area contributed by atoms with Gasteiger partial charge in [-0.05, 0) is 37.0 Å². The number of methoxy groups -OCH3 is 1. The highest BCUT2D eigenvalue weighted by atomic mass is 32.2. The van der Waals surface area contributed by atoms with Crippen LogP contribution in [-0.2, 0) is 14.8 Å². The number of rotatable bonds is 4. The highest BCUT2D eigenvalue weighted by Gasteiger charge is 2.25. The average Bonchev–Trinajstić information content (AvgIpc) is 2.52. The van der Waals surface area contributed by atoms with Crippen molar-refractivity contribution in [1.82, 2.24) is 0 Å². The van der Waals surface area contributed by atoms with Crippen LogP contribution >= 0.6 is 0 Å². The molecular weight excluding hydrogens is 308 g/mol. The lowest BCUT2D eigenvalue weighted by atomic mass is 9.97. The fraction of sp³-hybridized carbons (Fsp3) is 0.500. The number of aliphatic hydroxyl groups excluding tert-OH is 1. The van der Waals surface area contributed by atoms with E-state index in [1.54, 1.807) is 6.07 Å². The Morgan fingerprint density at radius 1 is 1.50 bits per heavy atom. The minimum atomic E-state index is -3.90. The van der Waals surface area contributed by atoms with E-state index in [4.69, 9.17) is 9.88 Å². The number of benzene rings is 1. The maximum atomic E-state index is 12.0. The van der Waals surface area contributed by atoms with E-state index in [1.807, 2.05) is 4.90 Å². The number of nitrogens with two attached hydrogens (primary N) is 1. The van der Waals surface area contributed by atoms with E-state index in [0.29, 0.717) is 12.2 Å². The van der Waals surface area contributed by atoms with Gasteiger partial charge in [-0.1, -0.05) is 0 Å². The van der Waals surface area contributed by atoms with E-state index in [-0.39, 0.29) is 23.0 Å². The molecule has 0 spiro atoms. The number of sulfonamides is 1. The second-order valence-electron chi connectivity index (χ2n) is 5.35. The Labute approximate surface area is 129 Å². The molecule has 1 unspecified atom stereocenters. The zero-order valence-electron chi connectivity index (χ0n) is 12.4. The summed E-state index contributed by atoms with van der Waals surface area (Å²) in [4.78, 5) is 13.8. The van der Waals surface area contributed by atoms with Crippen molar-refractivity contribution in [3.8, 4) is 0 Å². The summed E-state index contributed by atoms with van der Waals surface area (Å²) in [5, 5.41) is 14.4. The number of carbonyl (C=O) groups is 1. The lowest BCUT2D eigenvalue weighted by Gasteiger charge is -2.34. The van der Waals surface area contributed by atoms with Crippen LogP contribution < -0.4 is 10.0 Å². The normalized spacial score (nSPS) is 19.0. The van der Waals surface area contributed by atoms with E-state index >= 15 is 0 Å². The summed E-state index contributed by atoms with van der Waals surface area (Å²) in [6.45, 7) is 1.42. The van der Waals surface area contributed by atoms with Crippen molar-refractivity contribution >= 4 is 21.7 Å². The smallest absolute Gasteiger partial charge is 0.340 e. The Kier molecular flexibility index (Phi) is 5.05. The molecule has 2 rings (SSSR count). The number of nitrogens with zero attached hydrogens (tertiary/aromatic N) is 1. The summed E-state index contributed by atoms with van der Waals surface area (Å²) in [6.07, 6.45) is 1.82. The van der Waals surface area contributed by atoms with E-state index in [2.05, 4.69) is 0 Å². The summed E-state index contributed by atoms with van der Waals surface area (Å²) in [7, 11) is -2.66. The molecule has 0 aromatic heterocycles. The fourth-order valence-corrected chi connectivity index (χ4v) is 3.21. The van der Waals surface area contributed by atoms with Crippen LogP contribution in [0, 0.1) is 5.92 Å². The molecule has 1 aliphatic heterocycles. The van der Waals surface area contributed by atoms with Gasteiger partial charge in [0.15, 0.2) is 0 Å². The first-order chi connectivity index (χ1) is 10.4. The van der Waals surface area contributed by atoms with Gasteiger partial charge in [0, 0.05) is 19.7 Å². The van der Waals surface area contributed by atoms with Crippen molar-refractivity contribution in [1.29, 1.82) is 0 Å². The van der Waals surface area contributed by atoms with Crippen molar-refractivity contribution in [2.75, 3.05) is 31.7 Å². The van der Waals surface area contributed by atoms with Crippen molar-refractivity contribution in [2.45, 2.75) is 17.7 Å². The first-order valence-corrected chi connectivity index (χ1v) is 8.52. The van der Waals surface area contributed by atoms with Crippen molar-refractivity contribution in [2.24, 2.45) is 11.1 Å². The summed E-state index contributed by atoms with van der Waals surface area (Å²) < 4.78 is 27.7. The van der Waals surface area contributed by atoms with Crippen molar-refractivity contribution < 1.29 is 23.1 Å². The van der Waals surface area contributed by atoms with Crippen LogP contribution in [0.4, 0.5) is 5.69 Å². The van der Waals surface area contributed by atoms with Crippen molar-refractivity contribution in [3.63, 3.8) is 0 Å². The monoisotopic (exact) mass is 328 g/mol. The van der Waals surface area contributed by atoms with Gasteiger partial charge in [-0.25, -0.2) is 18.4 Å². The molecule has 1 saturated heterocycles. The number of hydrogen-bond donors (Lipinski definition) is 2. The number of aliphatic hydroxyl groups is 1. The summed E-state index contributed by atoms with van der Waals surface area (Å²) in [5.41, 5.74) is 0.755. The quantitative estimate of drug-likeness (QED) is 0.771. The predicted molar refractivity (Wildman–Crippen MR) is 81.2 cm³/mol. The third kappa shape index (κ3) is 3.57. The van der Waals surface area contributed by atoms with Crippen LogP contribution in [0.1, 0.15) is 23.2 Å². The number of piperidine rings is 1. The third-order valence-electron chi connectivity index (χ3n) is 3.82. The van der Waals surface area contributed by atoms with Gasteiger partial charge >= 0.3 is 5.97 Å². The summed E-state index contributed by atoms with van der Waals surface area (Å²) in [6, 6.07) is 4.17. The molecule has 0 saturated carbocycles. The minimum absolute atomic E-state index is 0.0827. The molecule has 3 N–H and O–H groups in total. The maximum absolute atomic E-state index is 12.0. The summed E-state index contributed by atoms with van der Waals surface area (Å²) in [5.74, 6) is -0.483. The Balaban J connectivity index is 2.44. The second kappa shape index (κ2) is 6.64.